The Bertz CT molecular complexity index is 444. The molecular weight excluding hydrogens is 409 g/mol. The van der Waals surface area contributed by atoms with Gasteiger partial charge in [-0.15, -0.1) is 0 Å². The van der Waals surface area contributed by atoms with E-state index in [1.807, 2.05) is 0 Å². The molecule has 0 saturated carbocycles. The summed E-state index contributed by atoms with van der Waals surface area (Å²) >= 11 is 0. The highest BCUT2D eigenvalue weighted by Crippen LogP contribution is 2.53. The Kier molecular flexibility index (Phi) is 14.7. The zero-order chi connectivity index (χ0) is 20.4. The zero-order valence-corrected chi connectivity index (χ0v) is 14.0. The molecule has 0 spiro atoms. The maximum absolute atomic E-state index is 9.76. The van der Waals surface area contributed by atoms with E-state index < -0.39 is 48.4 Å². The summed E-state index contributed by atoms with van der Waals surface area (Å²) in [6.45, 7) is -0.688. The second kappa shape index (κ2) is 12.3. The molecule has 0 aromatic carbocycles. The van der Waals surface area contributed by atoms with Gasteiger partial charge < -0.3 is 59.5 Å². The van der Waals surface area contributed by atoms with Crippen molar-refractivity contribution in [1.82, 2.24) is 0 Å². The molecule has 0 unspecified atom stereocenters. The van der Waals surface area contributed by atoms with Crippen LogP contribution in [0.3, 0.4) is 0 Å². The van der Waals surface area contributed by atoms with Crippen LogP contribution in [-0.2, 0) is 22.8 Å². The third-order valence-electron chi connectivity index (χ3n) is 1.28. The lowest BCUT2D eigenvalue weighted by Crippen LogP contribution is -2.40. The lowest BCUT2D eigenvalue weighted by atomic mass is 10.1. The van der Waals surface area contributed by atoms with Crippen molar-refractivity contribution < 1.29 is 77.5 Å². The van der Waals surface area contributed by atoms with Gasteiger partial charge in [-0.2, -0.15) is 4.31 Å². The third-order valence-corrected chi connectivity index (χ3v) is 2.99. The van der Waals surface area contributed by atoms with Gasteiger partial charge in [0.1, 0.15) is 18.3 Å². The van der Waals surface area contributed by atoms with Gasteiger partial charge in [-0.1, -0.05) is 0 Å². The number of rotatable bonds is 6. The van der Waals surface area contributed by atoms with E-state index >= 15 is 0 Å². The quantitative estimate of drug-likeness (QED) is 0.141. The highest BCUT2D eigenvalue weighted by molar-refractivity contribution is 7.60. The fourth-order valence-electron chi connectivity index (χ4n) is 0.555. The first-order valence-corrected chi connectivity index (χ1v) is 9.67. The van der Waals surface area contributed by atoms with Gasteiger partial charge in [0, 0.05) is 0 Å². The highest BCUT2D eigenvalue weighted by atomic mass is 31.3. The van der Waals surface area contributed by atoms with Crippen molar-refractivity contribution in [3.63, 3.8) is 0 Å². The normalized spacial score (nSPS) is 15.8. The van der Waals surface area contributed by atoms with Crippen LogP contribution in [0.2, 0.25) is 0 Å². The lowest BCUT2D eigenvalue weighted by Gasteiger charge is -2.16. The largest absolute Gasteiger partial charge is 0.478 e. The number of carbonyl (C=O) groups excluding carboxylic acids is 1. The minimum absolute atomic E-state index is 0.0869. The minimum Gasteiger partial charge on any atom is -0.394 e. The topological polar surface area (TPSA) is 300 Å². The molecule has 0 aromatic rings. The maximum Gasteiger partial charge on any atom is 0.478 e. The molecule has 0 aromatic heterocycles. The number of aliphatic hydroxyl groups excluding tert-OH is 4. The Balaban J connectivity index is -0.000000291. The smallest absolute Gasteiger partial charge is 0.394 e. The molecular formula is C5H17O16P3. The van der Waals surface area contributed by atoms with Crippen LogP contribution < -0.4 is 0 Å². The van der Waals surface area contributed by atoms with Crippen molar-refractivity contribution >= 4 is 29.8 Å². The summed E-state index contributed by atoms with van der Waals surface area (Å²) in [5.41, 5.74) is 0. The van der Waals surface area contributed by atoms with Crippen LogP contribution >= 0.6 is 23.5 Å². The molecule has 0 radical (unpaired) electrons. The number of carbonyl (C=O) groups is 1. The van der Waals surface area contributed by atoms with Crippen LogP contribution in [0.15, 0.2) is 0 Å². The summed E-state index contributed by atoms with van der Waals surface area (Å²) in [4.78, 5) is 62.3. The predicted molar refractivity (Wildman–Crippen MR) is 70.6 cm³/mol. The van der Waals surface area contributed by atoms with Crippen LogP contribution in [0.4, 0.5) is 0 Å². The molecule has 0 fully saturated rings. The second-order valence-electron chi connectivity index (χ2n) is 3.44. The van der Waals surface area contributed by atoms with Gasteiger partial charge in [-0.3, -0.25) is 0 Å². The van der Waals surface area contributed by atoms with Crippen molar-refractivity contribution in [2.45, 2.75) is 18.3 Å². The number of hydrogen-bond donors (Lipinski definition) is 11. The summed E-state index contributed by atoms with van der Waals surface area (Å²) in [6.07, 6.45) is -4.63. The van der Waals surface area contributed by atoms with E-state index in [2.05, 4.69) is 4.31 Å². The second-order valence-corrected chi connectivity index (χ2v) is 7.09. The molecule has 148 valence electrons. The van der Waals surface area contributed by atoms with E-state index in [1.165, 1.54) is 0 Å². The number of phosphoric acid groups is 3. The molecule has 19 heteroatoms. The van der Waals surface area contributed by atoms with E-state index in [-0.39, 0.29) is 6.29 Å². The van der Waals surface area contributed by atoms with E-state index in [0.29, 0.717) is 0 Å². The van der Waals surface area contributed by atoms with Crippen molar-refractivity contribution in [1.29, 1.82) is 0 Å². The number of aliphatic hydroxyl groups is 4. The highest BCUT2D eigenvalue weighted by Gasteiger charge is 2.28. The first-order valence-electron chi connectivity index (χ1n) is 5.05. The van der Waals surface area contributed by atoms with Gasteiger partial charge in [-0.05, 0) is 0 Å². The van der Waals surface area contributed by atoms with E-state index in [0.717, 1.165) is 0 Å². The van der Waals surface area contributed by atoms with Gasteiger partial charge in [0.2, 0.25) is 0 Å². The van der Waals surface area contributed by atoms with E-state index in [9.17, 15) is 13.9 Å². The SMILES string of the molecule is O=C[C@H](O)[C@H](O)[C@H](O)CO.O=P(O)(O)O.O=P(O)(O)OP(=O)(O)O. The van der Waals surface area contributed by atoms with Gasteiger partial charge >= 0.3 is 23.5 Å². The van der Waals surface area contributed by atoms with Crippen molar-refractivity contribution in [2.24, 2.45) is 0 Å². The molecule has 0 heterocycles. The predicted octanol–water partition coefficient (Wildman–Crippen LogP) is -4.48. The molecule has 0 aliphatic heterocycles. The Morgan fingerprint density at radius 2 is 1.12 bits per heavy atom. The molecule has 0 saturated heterocycles. The Labute approximate surface area is 133 Å². The van der Waals surface area contributed by atoms with Crippen LogP contribution in [0, 0.1) is 0 Å². The molecule has 0 aliphatic rings. The van der Waals surface area contributed by atoms with E-state index in [4.69, 9.17) is 59.2 Å². The summed E-state index contributed by atoms with van der Waals surface area (Å²) in [6, 6.07) is 0. The molecule has 0 amide bonds. The monoisotopic (exact) mass is 426 g/mol. The van der Waals surface area contributed by atoms with E-state index in [1.54, 1.807) is 0 Å². The summed E-state index contributed by atoms with van der Waals surface area (Å²) in [7, 11) is -14.7. The fraction of sp³-hybridized carbons (Fsp3) is 0.800. The van der Waals surface area contributed by atoms with Crippen LogP contribution in [-0.4, -0.2) is 85.9 Å². The van der Waals surface area contributed by atoms with Gasteiger partial charge in [0.15, 0.2) is 6.29 Å². The Hall–Kier alpha value is -0.120. The molecule has 0 rings (SSSR count). The molecule has 0 bridgehead atoms. The van der Waals surface area contributed by atoms with Crippen LogP contribution in [0.1, 0.15) is 0 Å². The molecule has 11 N–H and O–H groups in total. The van der Waals surface area contributed by atoms with Crippen LogP contribution in [0.25, 0.3) is 0 Å². The Morgan fingerprint density at radius 1 is 0.833 bits per heavy atom. The Morgan fingerprint density at radius 3 is 1.25 bits per heavy atom. The zero-order valence-electron chi connectivity index (χ0n) is 11.3. The number of aldehydes is 1. The minimum atomic E-state index is -5.05. The van der Waals surface area contributed by atoms with Gasteiger partial charge in [-0.25, -0.2) is 13.7 Å². The summed E-state index contributed by atoms with van der Waals surface area (Å²) in [5, 5.41) is 34.1. The molecule has 16 nitrogen and oxygen atoms in total. The fourth-order valence-corrected chi connectivity index (χ4v) is 1.66. The van der Waals surface area contributed by atoms with Gasteiger partial charge in [0.05, 0.1) is 6.61 Å². The first kappa shape index (κ1) is 28.7. The van der Waals surface area contributed by atoms with Crippen molar-refractivity contribution in [2.75, 3.05) is 6.61 Å². The van der Waals surface area contributed by atoms with Crippen LogP contribution in [0.5, 0.6) is 0 Å². The van der Waals surface area contributed by atoms with Gasteiger partial charge in [0.25, 0.3) is 0 Å². The first-order chi connectivity index (χ1) is 10.3. The standard InChI is InChI=1S/C5H10O5.H4O7P2.H3O4P/c6-1-3(8)5(10)4(9)2-7;1-8(2,3)7-9(4,5)6;1-5(2,3)4/h1,3-5,7-10H,2H2;(H2,1,2,3)(H2,4,5,6);(H3,1,2,3,4)/t3-,4+,5-;;/m0../s1. The number of hydrogen-bond acceptors (Lipinski definition) is 9. The molecule has 0 aliphatic carbocycles. The summed E-state index contributed by atoms with van der Waals surface area (Å²) < 4.78 is 31.1. The average Bonchev–Trinajstić information content (AvgIpc) is 2.30. The third kappa shape index (κ3) is 29.8. The van der Waals surface area contributed by atoms with Crippen molar-refractivity contribution in [3.8, 4) is 0 Å². The lowest BCUT2D eigenvalue weighted by molar-refractivity contribution is -0.127. The molecule has 3 atom stereocenters. The van der Waals surface area contributed by atoms with Crippen molar-refractivity contribution in [3.05, 3.63) is 0 Å². The summed E-state index contributed by atoms with van der Waals surface area (Å²) in [5.74, 6) is 0. The average molecular weight is 426 g/mol. The molecule has 24 heavy (non-hydrogen) atoms. The maximum atomic E-state index is 9.76.